The topological polar surface area (TPSA) is 47.3 Å². The Kier molecular flexibility index (Phi) is 5.26. The predicted molar refractivity (Wildman–Crippen MR) is 83.2 cm³/mol. The number of nitrogens with two attached hydrogens (primary N) is 1. The van der Waals surface area contributed by atoms with Gasteiger partial charge in [0.05, 0.1) is 17.2 Å². The van der Waals surface area contributed by atoms with Crippen molar-refractivity contribution in [2.45, 2.75) is 12.5 Å². The van der Waals surface area contributed by atoms with Crippen molar-refractivity contribution < 1.29 is 4.74 Å². The zero-order valence-electron chi connectivity index (χ0n) is 11.1. The van der Waals surface area contributed by atoms with Crippen LogP contribution in [0.25, 0.3) is 0 Å². The van der Waals surface area contributed by atoms with Crippen LogP contribution in [0.2, 0.25) is 10.0 Å². The van der Waals surface area contributed by atoms with Gasteiger partial charge in [-0.15, -0.1) is 0 Å². The summed E-state index contributed by atoms with van der Waals surface area (Å²) in [5, 5.41) is 1.10. The highest BCUT2D eigenvalue weighted by Gasteiger charge is 2.11. The normalized spacial score (nSPS) is 12.2. The maximum atomic E-state index is 6.03. The van der Waals surface area contributed by atoms with E-state index in [0.717, 1.165) is 23.3 Å². The molecule has 0 spiro atoms. The molecule has 0 bridgehead atoms. The lowest BCUT2D eigenvalue weighted by Crippen LogP contribution is -2.29. The van der Waals surface area contributed by atoms with Crippen LogP contribution in [0.3, 0.4) is 0 Å². The third-order valence-corrected chi connectivity index (χ3v) is 3.88. The van der Waals surface area contributed by atoms with Crippen LogP contribution < -0.4 is 16.0 Å². The first-order chi connectivity index (χ1) is 9.63. The van der Waals surface area contributed by atoms with Crippen molar-refractivity contribution in [3.05, 3.63) is 63.6 Å². The molecule has 0 saturated carbocycles. The average Bonchev–Trinajstić information content (AvgIpc) is 2.48. The molecule has 0 aliphatic heterocycles. The van der Waals surface area contributed by atoms with Gasteiger partial charge in [0, 0.05) is 6.04 Å². The van der Waals surface area contributed by atoms with Crippen molar-refractivity contribution in [1.82, 2.24) is 5.43 Å². The molecule has 0 aromatic heterocycles. The lowest BCUT2D eigenvalue weighted by atomic mass is 9.99. The molecule has 106 valence electrons. The minimum atomic E-state index is -0.00171. The monoisotopic (exact) mass is 310 g/mol. The number of rotatable bonds is 5. The Bertz CT molecular complexity index is 573. The van der Waals surface area contributed by atoms with Gasteiger partial charge in [0.15, 0.2) is 0 Å². The standard InChI is InChI=1S/C15H16Cl2N2O/c1-20-12-5-3-11(4-6-12)15(19-18)9-10-2-7-13(16)14(17)8-10/h2-8,15,19H,9,18H2,1H3. The van der Waals surface area contributed by atoms with E-state index in [-0.39, 0.29) is 6.04 Å². The zero-order chi connectivity index (χ0) is 14.5. The molecule has 0 saturated heterocycles. The van der Waals surface area contributed by atoms with Crippen molar-refractivity contribution in [2.75, 3.05) is 7.11 Å². The molecule has 0 aliphatic carbocycles. The molecule has 2 rings (SSSR count). The van der Waals surface area contributed by atoms with Crippen LogP contribution in [-0.4, -0.2) is 7.11 Å². The van der Waals surface area contributed by atoms with E-state index >= 15 is 0 Å². The summed E-state index contributed by atoms with van der Waals surface area (Å²) in [5.41, 5.74) is 4.97. The summed E-state index contributed by atoms with van der Waals surface area (Å²) in [7, 11) is 1.64. The zero-order valence-corrected chi connectivity index (χ0v) is 12.6. The van der Waals surface area contributed by atoms with Gasteiger partial charge < -0.3 is 4.74 Å². The van der Waals surface area contributed by atoms with Crippen molar-refractivity contribution in [3.8, 4) is 5.75 Å². The molecular weight excluding hydrogens is 295 g/mol. The highest BCUT2D eigenvalue weighted by Crippen LogP contribution is 2.26. The third kappa shape index (κ3) is 3.64. The average molecular weight is 311 g/mol. The van der Waals surface area contributed by atoms with E-state index in [0.29, 0.717) is 10.0 Å². The number of benzene rings is 2. The van der Waals surface area contributed by atoms with Crippen LogP contribution >= 0.6 is 23.2 Å². The Balaban J connectivity index is 2.16. The van der Waals surface area contributed by atoms with Crippen LogP contribution in [-0.2, 0) is 6.42 Å². The van der Waals surface area contributed by atoms with E-state index in [1.54, 1.807) is 13.2 Å². The molecule has 0 heterocycles. The van der Waals surface area contributed by atoms with Gasteiger partial charge in [-0.05, 0) is 41.8 Å². The molecule has 5 heteroatoms. The smallest absolute Gasteiger partial charge is 0.118 e. The molecule has 3 N–H and O–H groups in total. The fraction of sp³-hybridized carbons (Fsp3) is 0.200. The number of methoxy groups -OCH3 is 1. The van der Waals surface area contributed by atoms with E-state index in [2.05, 4.69) is 5.43 Å². The number of ether oxygens (including phenoxy) is 1. The van der Waals surface area contributed by atoms with Gasteiger partial charge in [0.25, 0.3) is 0 Å². The first kappa shape index (κ1) is 15.1. The van der Waals surface area contributed by atoms with E-state index < -0.39 is 0 Å². The molecule has 1 atom stereocenters. The maximum absolute atomic E-state index is 6.03. The van der Waals surface area contributed by atoms with Gasteiger partial charge in [-0.2, -0.15) is 0 Å². The summed E-state index contributed by atoms with van der Waals surface area (Å²) in [5.74, 6) is 6.47. The summed E-state index contributed by atoms with van der Waals surface area (Å²) in [6.45, 7) is 0. The van der Waals surface area contributed by atoms with Crippen molar-refractivity contribution in [2.24, 2.45) is 5.84 Å². The summed E-state index contributed by atoms with van der Waals surface area (Å²) in [6.07, 6.45) is 0.722. The minimum absolute atomic E-state index is 0.00171. The molecular formula is C15H16Cl2N2O. The molecule has 0 aliphatic rings. The highest BCUT2D eigenvalue weighted by molar-refractivity contribution is 6.42. The van der Waals surface area contributed by atoms with Crippen molar-refractivity contribution in [3.63, 3.8) is 0 Å². The quantitative estimate of drug-likeness (QED) is 0.653. The third-order valence-electron chi connectivity index (χ3n) is 3.14. The van der Waals surface area contributed by atoms with Gasteiger partial charge in [0.2, 0.25) is 0 Å². The van der Waals surface area contributed by atoms with E-state index in [1.807, 2.05) is 36.4 Å². The molecule has 2 aromatic carbocycles. The molecule has 0 amide bonds. The predicted octanol–water partition coefficient (Wildman–Crippen LogP) is 3.75. The van der Waals surface area contributed by atoms with Gasteiger partial charge in [-0.3, -0.25) is 11.3 Å². The van der Waals surface area contributed by atoms with Crippen LogP contribution in [0.15, 0.2) is 42.5 Å². The Labute approximate surface area is 128 Å². The van der Waals surface area contributed by atoms with Gasteiger partial charge in [0.1, 0.15) is 5.75 Å². The number of hydrogen-bond acceptors (Lipinski definition) is 3. The second-order valence-corrected chi connectivity index (χ2v) is 5.26. The summed E-state index contributed by atoms with van der Waals surface area (Å²) < 4.78 is 5.15. The number of hydrazine groups is 1. The first-order valence-electron chi connectivity index (χ1n) is 6.18. The van der Waals surface area contributed by atoms with Crippen molar-refractivity contribution in [1.29, 1.82) is 0 Å². The summed E-state index contributed by atoms with van der Waals surface area (Å²) >= 11 is 11.9. The Hall–Kier alpha value is -1.26. The van der Waals surface area contributed by atoms with E-state index in [4.69, 9.17) is 33.8 Å². The maximum Gasteiger partial charge on any atom is 0.118 e. The summed E-state index contributed by atoms with van der Waals surface area (Å²) in [6, 6.07) is 13.4. The Morgan fingerprint density at radius 3 is 2.35 bits per heavy atom. The number of nitrogens with one attached hydrogen (secondary N) is 1. The van der Waals surface area contributed by atoms with Gasteiger partial charge in [-0.1, -0.05) is 41.4 Å². The van der Waals surface area contributed by atoms with Crippen LogP contribution in [0.1, 0.15) is 17.2 Å². The lowest BCUT2D eigenvalue weighted by molar-refractivity contribution is 0.414. The van der Waals surface area contributed by atoms with Gasteiger partial charge in [-0.25, -0.2) is 0 Å². The van der Waals surface area contributed by atoms with Gasteiger partial charge >= 0.3 is 0 Å². The molecule has 2 aromatic rings. The van der Waals surface area contributed by atoms with Crippen LogP contribution in [0.5, 0.6) is 5.75 Å². The number of halogens is 2. The largest absolute Gasteiger partial charge is 0.497 e. The molecule has 0 fully saturated rings. The fourth-order valence-electron chi connectivity index (χ4n) is 2.01. The van der Waals surface area contributed by atoms with E-state index in [9.17, 15) is 0 Å². The molecule has 0 radical (unpaired) electrons. The first-order valence-corrected chi connectivity index (χ1v) is 6.93. The minimum Gasteiger partial charge on any atom is -0.497 e. The van der Waals surface area contributed by atoms with E-state index in [1.165, 1.54) is 0 Å². The molecule has 3 nitrogen and oxygen atoms in total. The van der Waals surface area contributed by atoms with Crippen molar-refractivity contribution >= 4 is 23.2 Å². The second-order valence-electron chi connectivity index (χ2n) is 4.44. The summed E-state index contributed by atoms with van der Waals surface area (Å²) in [4.78, 5) is 0. The molecule has 1 unspecified atom stereocenters. The van der Waals surface area contributed by atoms with Crippen LogP contribution in [0.4, 0.5) is 0 Å². The lowest BCUT2D eigenvalue weighted by Gasteiger charge is -2.17. The highest BCUT2D eigenvalue weighted by atomic mass is 35.5. The second kappa shape index (κ2) is 6.95. The fourth-order valence-corrected chi connectivity index (χ4v) is 2.33. The SMILES string of the molecule is COc1ccc(C(Cc2ccc(Cl)c(Cl)c2)NN)cc1. The number of hydrogen-bond donors (Lipinski definition) is 2. The molecule has 20 heavy (non-hydrogen) atoms. The Morgan fingerprint density at radius 1 is 1.10 bits per heavy atom. The van der Waals surface area contributed by atoms with Crippen LogP contribution in [0, 0.1) is 0 Å². The Morgan fingerprint density at radius 2 is 1.80 bits per heavy atom.